The molecule has 1 fully saturated rings. The molecule has 0 amide bonds. The molecule has 0 atom stereocenters. The highest BCUT2D eigenvalue weighted by molar-refractivity contribution is 9.10. The van der Waals surface area contributed by atoms with E-state index in [1.54, 1.807) is 12.3 Å². The second-order valence-electron chi connectivity index (χ2n) is 4.74. The van der Waals surface area contributed by atoms with Gasteiger partial charge in [0.1, 0.15) is 11.4 Å². The van der Waals surface area contributed by atoms with Crippen molar-refractivity contribution in [2.45, 2.75) is 32.1 Å². The predicted molar refractivity (Wildman–Crippen MR) is 74.0 cm³/mol. The van der Waals surface area contributed by atoms with E-state index in [2.05, 4.69) is 26.2 Å². The quantitative estimate of drug-likeness (QED) is 0.892. The summed E-state index contributed by atoms with van der Waals surface area (Å²) in [5, 5.41) is 12.3. The molecule has 2 N–H and O–H groups in total. The largest absolute Gasteiger partial charge is 0.478 e. The minimum atomic E-state index is -0.949. The molecule has 5 heteroatoms. The van der Waals surface area contributed by atoms with Crippen LogP contribution in [0.5, 0.6) is 0 Å². The molecular formula is C13H17BrN2O2. The first-order valence-corrected chi connectivity index (χ1v) is 7.09. The van der Waals surface area contributed by atoms with E-state index < -0.39 is 5.97 Å². The molecule has 0 aliphatic heterocycles. The van der Waals surface area contributed by atoms with E-state index in [1.165, 1.54) is 32.1 Å². The Kier molecular flexibility index (Phi) is 4.58. The Hall–Kier alpha value is -1.10. The van der Waals surface area contributed by atoms with Gasteiger partial charge >= 0.3 is 5.97 Å². The molecule has 1 saturated carbocycles. The van der Waals surface area contributed by atoms with E-state index in [-0.39, 0.29) is 5.56 Å². The van der Waals surface area contributed by atoms with Gasteiger partial charge in [-0.1, -0.05) is 19.3 Å². The number of carboxylic acids is 1. The van der Waals surface area contributed by atoms with E-state index in [4.69, 9.17) is 5.11 Å². The third-order valence-electron chi connectivity index (χ3n) is 3.37. The standard InChI is InChI=1S/C13H17BrN2O2/c14-10-6-11(13(17)18)12(16-8-10)15-7-9-4-2-1-3-5-9/h6,8-9H,1-5,7H2,(H,15,16)(H,17,18). The Morgan fingerprint density at radius 3 is 2.83 bits per heavy atom. The number of carbonyl (C=O) groups is 1. The molecule has 0 bridgehead atoms. The van der Waals surface area contributed by atoms with Gasteiger partial charge in [-0.15, -0.1) is 0 Å². The van der Waals surface area contributed by atoms with Gasteiger partial charge in [0, 0.05) is 17.2 Å². The van der Waals surface area contributed by atoms with Crippen molar-refractivity contribution in [3.05, 3.63) is 22.3 Å². The molecule has 1 aliphatic carbocycles. The first-order chi connectivity index (χ1) is 8.66. The molecule has 0 radical (unpaired) electrons. The second-order valence-corrected chi connectivity index (χ2v) is 5.66. The predicted octanol–water partition coefficient (Wildman–Crippen LogP) is 3.53. The van der Waals surface area contributed by atoms with Gasteiger partial charge in [-0.05, 0) is 40.8 Å². The third kappa shape index (κ3) is 3.45. The van der Waals surface area contributed by atoms with Crippen LogP contribution in [0.4, 0.5) is 5.82 Å². The van der Waals surface area contributed by atoms with Crippen LogP contribution in [0.1, 0.15) is 42.5 Å². The normalized spacial score (nSPS) is 16.5. The van der Waals surface area contributed by atoms with Crippen molar-refractivity contribution in [3.63, 3.8) is 0 Å². The Bertz CT molecular complexity index is 431. The zero-order chi connectivity index (χ0) is 13.0. The number of aromatic carboxylic acids is 1. The summed E-state index contributed by atoms with van der Waals surface area (Å²) >= 11 is 3.24. The SMILES string of the molecule is O=C(O)c1cc(Br)cnc1NCC1CCCCC1. The van der Waals surface area contributed by atoms with Crippen molar-refractivity contribution in [3.8, 4) is 0 Å². The molecule has 98 valence electrons. The lowest BCUT2D eigenvalue weighted by atomic mass is 9.89. The number of hydrogen-bond donors (Lipinski definition) is 2. The molecule has 1 heterocycles. The Balaban J connectivity index is 2.01. The number of rotatable bonds is 4. The van der Waals surface area contributed by atoms with Crippen LogP contribution < -0.4 is 5.32 Å². The number of aromatic nitrogens is 1. The summed E-state index contributed by atoms with van der Waals surface area (Å²) in [5.41, 5.74) is 0.222. The average Bonchev–Trinajstić information content (AvgIpc) is 2.38. The van der Waals surface area contributed by atoms with Crippen LogP contribution >= 0.6 is 15.9 Å². The van der Waals surface area contributed by atoms with Gasteiger partial charge < -0.3 is 10.4 Å². The minimum Gasteiger partial charge on any atom is -0.478 e. The van der Waals surface area contributed by atoms with Crippen LogP contribution in [0.15, 0.2) is 16.7 Å². The van der Waals surface area contributed by atoms with Gasteiger partial charge in [-0.25, -0.2) is 9.78 Å². The summed E-state index contributed by atoms with van der Waals surface area (Å²) in [6, 6.07) is 1.58. The van der Waals surface area contributed by atoms with Crippen LogP contribution in [0, 0.1) is 5.92 Å². The zero-order valence-corrected chi connectivity index (χ0v) is 11.7. The molecule has 1 aromatic heterocycles. The minimum absolute atomic E-state index is 0.222. The molecule has 0 unspecified atom stereocenters. The van der Waals surface area contributed by atoms with Gasteiger partial charge in [-0.3, -0.25) is 0 Å². The smallest absolute Gasteiger partial charge is 0.339 e. The first-order valence-electron chi connectivity index (χ1n) is 6.29. The number of nitrogens with one attached hydrogen (secondary N) is 1. The van der Waals surface area contributed by atoms with Crippen molar-refractivity contribution in [1.82, 2.24) is 4.98 Å². The molecular weight excluding hydrogens is 296 g/mol. The fourth-order valence-electron chi connectivity index (χ4n) is 2.38. The number of hydrogen-bond acceptors (Lipinski definition) is 3. The number of pyridine rings is 1. The molecule has 1 aromatic rings. The van der Waals surface area contributed by atoms with Crippen LogP contribution in [-0.2, 0) is 0 Å². The Morgan fingerprint density at radius 2 is 2.17 bits per heavy atom. The van der Waals surface area contributed by atoms with Gasteiger partial charge in [0.2, 0.25) is 0 Å². The Morgan fingerprint density at radius 1 is 1.44 bits per heavy atom. The highest BCUT2D eigenvalue weighted by atomic mass is 79.9. The van der Waals surface area contributed by atoms with E-state index in [0.717, 1.165) is 6.54 Å². The van der Waals surface area contributed by atoms with Crippen molar-refractivity contribution in [2.24, 2.45) is 5.92 Å². The summed E-state index contributed by atoms with van der Waals surface area (Å²) in [4.78, 5) is 15.3. The van der Waals surface area contributed by atoms with Crippen molar-refractivity contribution in [2.75, 3.05) is 11.9 Å². The summed E-state index contributed by atoms with van der Waals surface area (Å²) in [6.07, 6.45) is 7.97. The summed E-state index contributed by atoms with van der Waals surface area (Å²) in [6.45, 7) is 0.814. The van der Waals surface area contributed by atoms with E-state index in [1.807, 2.05) is 0 Å². The first kappa shape index (κ1) is 13.3. The highest BCUT2D eigenvalue weighted by Gasteiger charge is 2.16. The topological polar surface area (TPSA) is 62.2 Å². The second kappa shape index (κ2) is 6.18. The fourth-order valence-corrected chi connectivity index (χ4v) is 2.71. The number of nitrogens with zero attached hydrogens (tertiary/aromatic N) is 1. The molecule has 18 heavy (non-hydrogen) atoms. The molecule has 1 aliphatic rings. The fraction of sp³-hybridized carbons (Fsp3) is 0.538. The monoisotopic (exact) mass is 312 g/mol. The van der Waals surface area contributed by atoms with Crippen molar-refractivity contribution >= 4 is 27.7 Å². The maximum absolute atomic E-state index is 11.1. The Labute approximate surface area is 115 Å². The highest BCUT2D eigenvalue weighted by Crippen LogP contribution is 2.25. The maximum Gasteiger partial charge on any atom is 0.339 e. The van der Waals surface area contributed by atoms with Gasteiger partial charge in [0.25, 0.3) is 0 Å². The van der Waals surface area contributed by atoms with Crippen LogP contribution in [-0.4, -0.2) is 22.6 Å². The lowest BCUT2D eigenvalue weighted by Crippen LogP contribution is -2.19. The maximum atomic E-state index is 11.1. The van der Waals surface area contributed by atoms with E-state index in [9.17, 15) is 4.79 Å². The van der Waals surface area contributed by atoms with Crippen LogP contribution in [0.2, 0.25) is 0 Å². The summed E-state index contributed by atoms with van der Waals surface area (Å²) in [7, 11) is 0. The summed E-state index contributed by atoms with van der Waals surface area (Å²) < 4.78 is 0.683. The van der Waals surface area contributed by atoms with Crippen molar-refractivity contribution < 1.29 is 9.90 Å². The van der Waals surface area contributed by atoms with Crippen LogP contribution in [0.25, 0.3) is 0 Å². The number of carboxylic acid groups (broad SMARTS) is 1. The van der Waals surface area contributed by atoms with Gasteiger partial charge in [0.05, 0.1) is 0 Å². The summed E-state index contributed by atoms with van der Waals surface area (Å²) in [5.74, 6) is 0.164. The number of anilines is 1. The number of halogens is 1. The third-order valence-corrected chi connectivity index (χ3v) is 3.80. The molecule has 0 aromatic carbocycles. The van der Waals surface area contributed by atoms with E-state index in [0.29, 0.717) is 16.2 Å². The molecule has 4 nitrogen and oxygen atoms in total. The van der Waals surface area contributed by atoms with Gasteiger partial charge in [0.15, 0.2) is 0 Å². The molecule has 0 spiro atoms. The zero-order valence-electron chi connectivity index (χ0n) is 10.2. The lowest BCUT2D eigenvalue weighted by molar-refractivity contribution is 0.0697. The molecule has 2 rings (SSSR count). The average molecular weight is 313 g/mol. The van der Waals surface area contributed by atoms with Crippen LogP contribution in [0.3, 0.4) is 0 Å². The molecule has 0 saturated heterocycles. The van der Waals surface area contributed by atoms with E-state index >= 15 is 0 Å². The lowest BCUT2D eigenvalue weighted by Gasteiger charge is -2.22. The van der Waals surface area contributed by atoms with Gasteiger partial charge in [-0.2, -0.15) is 0 Å². The van der Waals surface area contributed by atoms with Crippen molar-refractivity contribution in [1.29, 1.82) is 0 Å².